The second-order valence-corrected chi connectivity index (χ2v) is 6.10. The molecule has 21 heavy (non-hydrogen) atoms. The lowest BCUT2D eigenvalue weighted by Crippen LogP contribution is -2.37. The lowest BCUT2D eigenvalue weighted by atomic mass is 9.73. The second-order valence-electron chi connectivity index (χ2n) is 6.10. The Kier molecular flexibility index (Phi) is 12.1. The van der Waals surface area contributed by atoms with Crippen molar-refractivity contribution in [3.05, 3.63) is 12.7 Å². The van der Waals surface area contributed by atoms with Gasteiger partial charge in [0, 0.05) is 5.92 Å². The fraction of sp³-hybridized carbons (Fsp3) is 0.765. The van der Waals surface area contributed by atoms with E-state index >= 15 is 0 Å². The van der Waals surface area contributed by atoms with E-state index in [1.54, 1.807) is 13.8 Å². The highest BCUT2D eigenvalue weighted by Gasteiger charge is 2.39. The van der Waals surface area contributed by atoms with Crippen molar-refractivity contribution in [2.75, 3.05) is 0 Å². The van der Waals surface area contributed by atoms with Gasteiger partial charge in [-0.2, -0.15) is 0 Å². The minimum absolute atomic E-state index is 0. The zero-order valence-corrected chi connectivity index (χ0v) is 14.0. The van der Waals surface area contributed by atoms with Crippen LogP contribution in [0.3, 0.4) is 0 Å². The molecule has 0 fully saturated rings. The Balaban J connectivity index is 0. The number of hydrogen-bond acceptors (Lipinski definition) is 3. The zero-order valence-electron chi connectivity index (χ0n) is 14.0. The number of carboxylic acids is 1. The number of aliphatic carboxylic acids is 1. The van der Waals surface area contributed by atoms with Gasteiger partial charge in [-0.05, 0) is 26.3 Å². The summed E-state index contributed by atoms with van der Waals surface area (Å²) in [5, 5.41) is 9.27. The SMILES string of the molecule is C=CC(=O)C(CCCCCCCCC)C(C)(C)C(=O)O.N. The van der Waals surface area contributed by atoms with Crippen molar-refractivity contribution in [3.8, 4) is 0 Å². The van der Waals surface area contributed by atoms with Gasteiger partial charge in [0.2, 0.25) is 0 Å². The number of carboxylic acid groups (broad SMARTS) is 1. The van der Waals surface area contributed by atoms with Crippen LogP contribution in [0.15, 0.2) is 12.7 Å². The van der Waals surface area contributed by atoms with E-state index in [-0.39, 0.29) is 11.9 Å². The number of carbonyl (C=O) groups is 2. The van der Waals surface area contributed by atoms with Gasteiger partial charge in [0.15, 0.2) is 5.78 Å². The van der Waals surface area contributed by atoms with E-state index in [1.165, 1.54) is 38.2 Å². The molecule has 0 saturated heterocycles. The van der Waals surface area contributed by atoms with Gasteiger partial charge in [0.1, 0.15) is 0 Å². The average molecular weight is 299 g/mol. The zero-order chi connectivity index (χ0) is 15.6. The van der Waals surface area contributed by atoms with Crippen molar-refractivity contribution < 1.29 is 14.7 Å². The van der Waals surface area contributed by atoms with E-state index in [9.17, 15) is 14.7 Å². The molecule has 0 rings (SSSR count). The molecule has 4 nitrogen and oxygen atoms in total. The lowest BCUT2D eigenvalue weighted by molar-refractivity contribution is -0.153. The lowest BCUT2D eigenvalue weighted by Gasteiger charge is -2.28. The van der Waals surface area contributed by atoms with Crippen LogP contribution in [-0.2, 0) is 9.59 Å². The summed E-state index contributed by atoms with van der Waals surface area (Å²) in [6.45, 7) is 8.94. The van der Waals surface area contributed by atoms with Crippen LogP contribution in [0.1, 0.15) is 72.1 Å². The van der Waals surface area contributed by atoms with Crippen LogP contribution in [0.2, 0.25) is 0 Å². The quantitative estimate of drug-likeness (QED) is 0.401. The van der Waals surface area contributed by atoms with Crippen molar-refractivity contribution in [2.45, 2.75) is 72.1 Å². The van der Waals surface area contributed by atoms with Gasteiger partial charge in [-0.1, -0.05) is 58.4 Å². The maximum absolute atomic E-state index is 11.9. The maximum atomic E-state index is 11.9. The highest BCUT2D eigenvalue weighted by Crippen LogP contribution is 2.32. The molecule has 0 amide bonds. The van der Waals surface area contributed by atoms with Crippen LogP contribution in [0.25, 0.3) is 0 Å². The van der Waals surface area contributed by atoms with Crippen LogP contribution < -0.4 is 6.15 Å². The molecule has 1 unspecified atom stereocenters. The first-order valence-electron chi connectivity index (χ1n) is 7.77. The van der Waals surface area contributed by atoms with Gasteiger partial charge < -0.3 is 11.3 Å². The fourth-order valence-electron chi connectivity index (χ4n) is 2.46. The Bertz CT molecular complexity index is 324. The average Bonchev–Trinajstić information content (AvgIpc) is 2.40. The van der Waals surface area contributed by atoms with Gasteiger partial charge in [-0.15, -0.1) is 0 Å². The highest BCUT2D eigenvalue weighted by atomic mass is 16.4. The van der Waals surface area contributed by atoms with Crippen molar-refractivity contribution in [3.63, 3.8) is 0 Å². The maximum Gasteiger partial charge on any atom is 0.309 e. The predicted molar refractivity (Wildman–Crippen MR) is 87.7 cm³/mol. The van der Waals surface area contributed by atoms with Crippen LogP contribution in [-0.4, -0.2) is 16.9 Å². The Hall–Kier alpha value is -1.16. The van der Waals surface area contributed by atoms with E-state index in [4.69, 9.17) is 0 Å². The number of allylic oxidation sites excluding steroid dienone is 1. The normalized spacial score (nSPS) is 12.3. The molecule has 0 bridgehead atoms. The summed E-state index contributed by atoms with van der Waals surface area (Å²) in [7, 11) is 0. The Labute approximate surface area is 129 Å². The van der Waals surface area contributed by atoms with Crippen LogP contribution in [0, 0.1) is 11.3 Å². The first-order chi connectivity index (χ1) is 9.37. The highest BCUT2D eigenvalue weighted by molar-refractivity contribution is 5.95. The molecule has 0 aromatic rings. The summed E-state index contributed by atoms with van der Waals surface area (Å²) in [4.78, 5) is 23.2. The number of ketones is 1. The van der Waals surface area contributed by atoms with Gasteiger partial charge >= 0.3 is 5.97 Å². The van der Waals surface area contributed by atoms with Gasteiger partial charge in [0.05, 0.1) is 5.41 Å². The molecule has 0 aliphatic heterocycles. The third-order valence-corrected chi connectivity index (χ3v) is 4.06. The first-order valence-corrected chi connectivity index (χ1v) is 7.77. The standard InChI is InChI=1S/C17H30O3.H3N/c1-5-7-8-9-10-11-12-13-14(15(18)6-2)17(3,4)16(19)20;/h6,14H,2,5,7-13H2,1,3-4H3,(H,19,20);1H3. The smallest absolute Gasteiger partial charge is 0.309 e. The molecule has 4 heteroatoms. The Morgan fingerprint density at radius 2 is 1.57 bits per heavy atom. The van der Waals surface area contributed by atoms with Gasteiger partial charge in [0.25, 0.3) is 0 Å². The number of hydrogen-bond donors (Lipinski definition) is 2. The molecule has 0 saturated carbocycles. The molecule has 0 radical (unpaired) electrons. The van der Waals surface area contributed by atoms with E-state index in [2.05, 4.69) is 13.5 Å². The summed E-state index contributed by atoms with van der Waals surface area (Å²) in [6.07, 6.45) is 10.1. The number of rotatable bonds is 12. The molecule has 0 aromatic carbocycles. The minimum atomic E-state index is -1.02. The molecule has 1 atom stereocenters. The molecule has 0 aromatic heterocycles. The third-order valence-electron chi connectivity index (χ3n) is 4.06. The van der Waals surface area contributed by atoms with Crippen molar-refractivity contribution in [2.24, 2.45) is 11.3 Å². The van der Waals surface area contributed by atoms with E-state index < -0.39 is 17.3 Å². The summed E-state index contributed by atoms with van der Waals surface area (Å²) >= 11 is 0. The number of carbonyl (C=O) groups excluding carboxylic acids is 1. The second kappa shape index (κ2) is 11.5. The van der Waals surface area contributed by atoms with Crippen LogP contribution in [0.4, 0.5) is 0 Å². The summed E-state index contributed by atoms with van der Waals surface area (Å²) in [5.41, 5.74) is -1.02. The summed E-state index contributed by atoms with van der Waals surface area (Å²) in [6, 6.07) is 0. The van der Waals surface area contributed by atoms with E-state index in [0.29, 0.717) is 6.42 Å². The van der Waals surface area contributed by atoms with Crippen LogP contribution in [0.5, 0.6) is 0 Å². The molecule has 124 valence electrons. The number of unbranched alkanes of at least 4 members (excludes halogenated alkanes) is 6. The molecular weight excluding hydrogens is 266 g/mol. The predicted octanol–water partition coefficient (Wildman–Crippen LogP) is 4.77. The summed E-state index contributed by atoms with van der Waals surface area (Å²) in [5.74, 6) is -1.53. The molecule has 0 heterocycles. The molecule has 0 aliphatic rings. The monoisotopic (exact) mass is 299 g/mol. The minimum Gasteiger partial charge on any atom is -0.481 e. The fourth-order valence-corrected chi connectivity index (χ4v) is 2.46. The van der Waals surface area contributed by atoms with E-state index in [0.717, 1.165) is 12.8 Å². The molecule has 4 N–H and O–H groups in total. The van der Waals surface area contributed by atoms with Crippen molar-refractivity contribution >= 4 is 11.8 Å². The summed E-state index contributed by atoms with van der Waals surface area (Å²) < 4.78 is 0. The van der Waals surface area contributed by atoms with E-state index in [1.807, 2.05) is 0 Å². The topological polar surface area (TPSA) is 89.4 Å². The molecule has 0 spiro atoms. The Morgan fingerprint density at radius 3 is 2.00 bits per heavy atom. The molecule has 0 aliphatic carbocycles. The van der Waals surface area contributed by atoms with Gasteiger partial charge in [-0.25, -0.2) is 0 Å². The first kappa shape index (κ1) is 22.1. The molecular formula is C17H33NO3. The van der Waals surface area contributed by atoms with Crippen molar-refractivity contribution in [1.29, 1.82) is 0 Å². The third kappa shape index (κ3) is 8.00. The van der Waals surface area contributed by atoms with Gasteiger partial charge in [-0.3, -0.25) is 9.59 Å². The van der Waals surface area contributed by atoms with Crippen molar-refractivity contribution in [1.82, 2.24) is 6.15 Å². The Morgan fingerprint density at radius 1 is 1.10 bits per heavy atom. The largest absolute Gasteiger partial charge is 0.481 e. The van der Waals surface area contributed by atoms with Crippen LogP contribution >= 0.6 is 0 Å².